The molecule has 0 aliphatic carbocycles. The fraction of sp³-hybridized carbons (Fsp3) is 0.500. The molecule has 2 N–H and O–H groups in total. The smallest absolute Gasteiger partial charge is 0.407 e. The molecule has 0 unspecified atom stereocenters. The van der Waals surface area contributed by atoms with E-state index in [1.165, 1.54) is 17.7 Å². The Bertz CT molecular complexity index is 1010. The second-order valence-electron chi connectivity index (χ2n) is 10.2. The van der Waals surface area contributed by atoms with Crippen molar-refractivity contribution in [3.05, 3.63) is 65.5 Å². The largest absolute Gasteiger partial charge is 0.465 e. The van der Waals surface area contributed by atoms with Gasteiger partial charge in [-0.15, -0.1) is 0 Å². The number of piperidine rings is 1. The number of hydrogen-bond acceptors (Lipinski definition) is 4. The third kappa shape index (κ3) is 6.75. The summed E-state index contributed by atoms with van der Waals surface area (Å²) in [5, 5.41) is 12.8. The second-order valence-corrected chi connectivity index (χ2v) is 10.2. The van der Waals surface area contributed by atoms with Gasteiger partial charge in [-0.1, -0.05) is 24.3 Å². The van der Waals surface area contributed by atoms with Crippen molar-refractivity contribution in [2.24, 2.45) is 0 Å². The first-order valence-corrected chi connectivity index (χ1v) is 12.9. The van der Waals surface area contributed by atoms with Gasteiger partial charge in [-0.2, -0.15) is 0 Å². The topological polar surface area (TPSA) is 76.1 Å². The number of carboxylic acid groups (broad SMARTS) is 1. The average Bonchev–Trinajstić information content (AvgIpc) is 2.84. The third-order valence-electron chi connectivity index (χ3n) is 7.33. The maximum absolute atomic E-state index is 13.1. The zero-order valence-electron chi connectivity index (χ0n) is 21.2. The molecule has 2 aliphatic heterocycles. The van der Waals surface area contributed by atoms with Crippen LogP contribution in [0.15, 0.2) is 48.5 Å². The van der Waals surface area contributed by atoms with E-state index in [2.05, 4.69) is 34.5 Å². The van der Waals surface area contributed by atoms with E-state index in [0.29, 0.717) is 12.5 Å². The molecule has 8 heteroatoms. The lowest BCUT2D eigenvalue weighted by molar-refractivity contribution is -0.132. The highest BCUT2D eigenvalue weighted by atomic mass is 19.1. The molecule has 194 valence electrons. The highest BCUT2D eigenvalue weighted by Crippen LogP contribution is 2.20. The number of likely N-dealkylation sites (tertiary alicyclic amines) is 1. The number of carbonyl (C=O) groups is 2. The van der Waals surface area contributed by atoms with Gasteiger partial charge in [0.25, 0.3) is 0 Å². The molecule has 36 heavy (non-hydrogen) atoms. The van der Waals surface area contributed by atoms with Crippen molar-refractivity contribution in [1.82, 2.24) is 14.7 Å². The molecule has 2 amide bonds. The standard InChI is InChI=1S/C28H37FN4O3/c1-20-17-31(18-21(2)33(20)28(35)36)19-23-5-3-22(4-6-23)7-12-27(34)32-15-13-26(14-16-32)30-25-10-8-24(29)9-11-25/h3-6,8-11,20-21,26,30H,7,12-19H2,1-2H3,(H,35,36)/t20-,21+. The third-order valence-corrected chi connectivity index (χ3v) is 7.33. The molecule has 0 spiro atoms. The van der Waals surface area contributed by atoms with Crippen LogP contribution in [0.4, 0.5) is 14.9 Å². The minimum Gasteiger partial charge on any atom is -0.465 e. The van der Waals surface area contributed by atoms with Crippen molar-refractivity contribution in [2.45, 2.75) is 64.2 Å². The van der Waals surface area contributed by atoms with E-state index in [-0.39, 0.29) is 23.8 Å². The predicted octanol–water partition coefficient (Wildman–Crippen LogP) is 4.43. The Morgan fingerprint density at radius 1 is 0.944 bits per heavy atom. The fourth-order valence-electron chi connectivity index (χ4n) is 5.47. The van der Waals surface area contributed by atoms with Gasteiger partial charge in [0, 0.05) is 63.0 Å². The molecule has 0 bridgehead atoms. The molecule has 2 saturated heterocycles. The summed E-state index contributed by atoms with van der Waals surface area (Å²) < 4.78 is 13.1. The maximum atomic E-state index is 13.1. The lowest BCUT2D eigenvalue weighted by Crippen LogP contribution is -2.57. The van der Waals surface area contributed by atoms with Crippen LogP contribution in [0.2, 0.25) is 0 Å². The van der Waals surface area contributed by atoms with E-state index >= 15 is 0 Å². The summed E-state index contributed by atoms with van der Waals surface area (Å²) in [6.07, 6.45) is 2.14. The number of amides is 2. The highest BCUT2D eigenvalue weighted by Gasteiger charge is 2.32. The quantitative estimate of drug-likeness (QED) is 0.593. The Kier molecular flexibility index (Phi) is 8.46. The van der Waals surface area contributed by atoms with Gasteiger partial charge >= 0.3 is 6.09 Å². The van der Waals surface area contributed by atoms with Crippen LogP contribution in [0.5, 0.6) is 0 Å². The Hall–Kier alpha value is -3.13. The van der Waals surface area contributed by atoms with Crippen LogP contribution in [-0.2, 0) is 17.8 Å². The lowest BCUT2D eigenvalue weighted by Gasteiger charge is -2.42. The van der Waals surface area contributed by atoms with Crippen LogP contribution < -0.4 is 5.32 Å². The predicted molar refractivity (Wildman–Crippen MR) is 138 cm³/mol. The van der Waals surface area contributed by atoms with Crippen LogP contribution in [0.25, 0.3) is 0 Å². The summed E-state index contributed by atoms with van der Waals surface area (Å²) in [6.45, 7) is 7.64. The number of piperazine rings is 1. The summed E-state index contributed by atoms with van der Waals surface area (Å²) in [4.78, 5) is 30.0. The minimum atomic E-state index is -0.848. The number of benzene rings is 2. The van der Waals surface area contributed by atoms with Crippen LogP contribution in [0.3, 0.4) is 0 Å². The van der Waals surface area contributed by atoms with E-state index in [4.69, 9.17) is 0 Å². The molecule has 2 atom stereocenters. The summed E-state index contributed by atoms with van der Waals surface area (Å²) in [5.74, 6) is -0.0468. The lowest BCUT2D eigenvalue weighted by atomic mass is 10.0. The Morgan fingerprint density at radius 3 is 2.11 bits per heavy atom. The summed E-state index contributed by atoms with van der Waals surface area (Å²) >= 11 is 0. The van der Waals surface area contributed by atoms with Gasteiger partial charge in [0.1, 0.15) is 5.82 Å². The van der Waals surface area contributed by atoms with E-state index in [1.54, 1.807) is 17.0 Å². The first-order chi connectivity index (χ1) is 17.3. The van der Waals surface area contributed by atoms with Crippen LogP contribution >= 0.6 is 0 Å². The number of nitrogens with zero attached hydrogens (tertiary/aromatic N) is 3. The van der Waals surface area contributed by atoms with E-state index < -0.39 is 6.09 Å². The fourth-order valence-corrected chi connectivity index (χ4v) is 5.47. The number of anilines is 1. The average molecular weight is 497 g/mol. The summed E-state index contributed by atoms with van der Waals surface area (Å²) in [7, 11) is 0. The van der Waals surface area contributed by atoms with Crippen molar-refractivity contribution in [3.63, 3.8) is 0 Å². The van der Waals surface area contributed by atoms with Crippen LogP contribution in [0.1, 0.15) is 44.2 Å². The Labute approximate surface area is 212 Å². The van der Waals surface area contributed by atoms with Gasteiger partial charge in [0.15, 0.2) is 0 Å². The first-order valence-electron chi connectivity index (χ1n) is 12.9. The molecule has 0 saturated carbocycles. The van der Waals surface area contributed by atoms with Crippen molar-refractivity contribution < 1.29 is 19.1 Å². The zero-order chi connectivity index (χ0) is 25.7. The molecule has 0 radical (unpaired) electrons. The van der Waals surface area contributed by atoms with E-state index in [0.717, 1.165) is 63.2 Å². The second kappa shape index (κ2) is 11.7. The zero-order valence-corrected chi connectivity index (χ0v) is 21.2. The number of carbonyl (C=O) groups excluding carboxylic acids is 1. The molecule has 2 aliphatic rings. The molecule has 4 rings (SSSR count). The first kappa shape index (κ1) is 25.9. The van der Waals surface area contributed by atoms with Gasteiger partial charge in [-0.05, 0) is 68.5 Å². The van der Waals surface area contributed by atoms with Gasteiger partial charge in [0.05, 0.1) is 0 Å². The molecule has 2 fully saturated rings. The maximum Gasteiger partial charge on any atom is 0.407 e. The summed E-state index contributed by atoms with van der Waals surface area (Å²) in [6, 6.07) is 15.1. The van der Waals surface area contributed by atoms with E-state index in [1.807, 2.05) is 18.7 Å². The Morgan fingerprint density at radius 2 is 1.53 bits per heavy atom. The molecule has 2 aromatic carbocycles. The van der Waals surface area contributed by atoms with Crippen molar-refractivity contribution in [3.8, 4) is 0 Å². The molecule has 2 aromatic rings. The molecule has 2 heterocycles. The minimum absolute atomic E-state index is 0.0275. The van der Waals surface area contributed by atoms with Crippen LogP contribution in [0, 0.1) is 5.82 Å². The van der Waals surface area contributed by atoms with Crippen molar-refractivity contribution in [2.75, 3.05) is 31.5 Å². The van der Waals surface area contributed by atoms with Gasteiger partial charge in [-0.3, -0.25) is 9.69 Å². The number of nitrogens with one attached hydrogen (secondary N) is 1. The monoisotopic (exact) mass is 496 g/mol. The molecule has 0 aromatic heterocycles. The van der Waals surface area contributed by atoms with Crippen molar-refractivity contribution >= 4 is 17.7 Å². The molecular formula is C28H37FN4O3. The SMILES string of the molecule is C[C@@H]1CN(Cc2ccc(CCC(=O)N3CCC(Nc4ccc(F)cc4)CC3)cc2)C[C@H](C)N1C(=O)O. The van der Waals surface area contributed by atoms with Gasteiger partial charge in [0.2, 0.25) is 5.91 Å². The number of aryl methyl sites for hydroxylation is 1. The Balaban J connectivity index is 1.18. The molecular weight excluding hydrogens is 459 g/mol. The highest BCUT2D eigenvalue weighted by molar-refractivity contribution is 5.76. The number of hydrogen-bond donors (Lipinski definition) is 2. The number of rotatable bonds is 7. The van der Waals surface area contributed by atoms with Gasteiger partial charge < -0.3 is 20.2 Å². The van der Waals surface area contributed by atoms with Gasteiger partial charge in [-0.25, -0.2) is 9.18 Å². The molecule has 7 nitrogen and oxygen atoms in total. The van der Waals surface area contributed by atoms with Crippen LogP contribution in [-0.4, -0.2) is 76.1 Å². The number of halogens is 1. The normalized spacial score (nSPS) is 21.4. The van der Waals surface area contributed by atoms with Crippen molar-refractivity contribution in [1.29, 1.82) is 0 Å². The van der Waals surface area contributed by atoms with E-state index in [9.17, 15) is 19.1 Å². The summed E-state index contributed by atoms with van der Waals surface area (Å²) in [5.41, 5.74) is 3.26.